The zero-order chi connectivity index (χ0) is 15.4. The van der Waals surface area contributed by atoms with Crippen LogP contribution in [0.2, 0.25) is 0 Å². The number of carbonyl (C=O) groups excluding carboxylic acids is 1. The normalized spacial score (nSPS) is 21.8. The zero-order valence-corrected chi connectivity index (χ0v) is 13.0. The summed E-state index contributed by atoms with van der Waals surface area (Å²) < 4.78 is 5.35. The minimum atomic E-state index is -0.488. The van der Waals surface area contributed by atoms with Gasteiger partial charge in [-0.15, -0.1) is 0 Å². The monoisotopic (exact) mass is 302 g/mol. The highest BCUT2D eigenvalue weighted by Crippen LogP contribution is 2.25. The van der Waals surface area contributed by atoms with Crippen LogP contribution in [0.3, 0.4) is 0 Å². The summed E-state index contributed by atoms with van der Waals surface area (Å²) in [5.74, 6) is 0.822. The standard InChI is InChI=1S/C17H22N2O3/c1-21-15-9-5-4-8-13(15)14-12-16(22-18-14)17(20)19-10-6-2-3-7-11-19/h4-5,8-9,16H,2-3,6-7,10-12H2,1H3/t16-/m1/s1. The van der Waals surface area contributed by atoms with Crippen molar-refractivity contribution in [2.45, 2.75) is 38.2 Å². The molecule has 1 amide bonds. The summed E-state index contributed by atoms with van der Waals surface area (Å²) in [5.41, 5.74) is 1.68. The van der Waals surface area contributed by atoms with Gasteiger partial charge in [-0.25, -0.2) is 0 Å². The topological polar surface area (TPSA) is 51.1 Å². The van der Waals surface area contributed by atoms with Crippen molar-refractivity contribution >= 4 is 11.6 Å². The van der Waals surface area contributed by atoms with Gasteiger partial charge in [-0.05, 0) is 25.0 Å². The SMILES string of the molecule is COc1ccccc1C1=NO[C@@H](C(=O)N2CCCCCC2)C1. The molecule has 2 aliphatic heterocycles. The fourth-order valence-electron chi connectivity index (χ4n) is 3.05. The number of methoxy groups -OCH3 is 1. The Labute approximate surface area is 130 Å². The molecule has 0 radical (unpaired) electrons. The van der Waals surface area contributed by atoms with Gasteiger partial charge in [-0.2, -0.15) is 0 Å². The van der Waals surface area contributed by atoms with Crippen molar-refractivity contribution in [1.29, 1.82) is 0 Å². The van der Waals surface area contributed by atoms with E-state index in [4.69, 9.17) is 9.57 Å². The van der Waals surface area contributed by atoms with Crippen LogP contribution in [0.15, 0.2) is 29.4 Å². The van der Waals surface area contributed by atoms with E-state index in [1.807, 2.05) is 29.2 Å². The average Bonchev–Trinajstić information content (AvgIpc) is 2.89. The predicted molar refractivity (Wildman–Crippen MR) is 84.1 cm³/mol. The lowest BCUT2D eigenvalue weighted by atomic mass is 10.0. The summed E-state index contributed by atoms with van der Waals surface area (Å²) in [5, 5.41) is 4.12. The Morgan fingerprint density at radius 3 is 2.68 bits per heavy atom. The summed E-state index contributed by atoms with van der Waals surface area (Å²) in [7, 11) is 1.63. The Morgan fingerprint density at radius 1 is 1.23 bits per heavy atom. The molecule has 0 saturated carbocycles. The Balaban J connectivity index is 1.67. The molecule has 1 saturated heterocycles. The van der Waals surface area contributed by atoms with Crippen molar-refractivity contribution in [3.8, 4) is 5.75 Å². The summed E-state index contributed by atoms with van der Waals surface area (Å²) in [6, 6.07) is 7.69. The maximum absolute atomic E-state index is 12.6. The first kappa shape index (κ1) is 14.9. The zero-order valence-electron chi connectivity index (χ0n) is 13.0. The molecule has 0 spiro atoms. The van der Waals surface area contributed by atoms with Crippen LogP contribution in [0.4, 0.5) is 0 Å². The second kappa shape index (κ2) is 6.81. The van der Waals surface area contributed by atoms with Crippen molar-refractivity contribution in [1.82, 2.24) is 4.90 Å². The fourth-order valence-corrected chi connectivity index (χ4v) is 3.05. The molecule has 0 N–H and O–H groups in total. The molecule has 1 aromatic rings. The van der Waals surface area contributed by atoms with E-state index in [-0.39, 0.29) is 5.91 Å². The van der Waals surface area contributed by atoms with E-state index in [0.717, 1.165) is 43.0 Å². The summed E-state index contributed by atoms with van der Waals surface area (Å²) in [4.78, 5) is 19.9. The smallest absolute Gasteiger partial charge is 0.266 e. The second-order valence-electron chi connectivity index (χ2n) is 5.78. The van der Waals surface area contributed by atoms with Gasteiger partial charge in [0.1, 0.15) is 5.75 Å². The van der Waals surface area contributed by atoms with Crippen LogP contribution in [-0.2, 0) is 9.63 Å². The molecule has 0 bridgehead atoms. The van der Waals surface area contributed by atoms with Crippen molar-refractivity contribution in [2.24, 2.45) is 5.16 Å². The number of benzene rings is 1. The number of hydrogen-bond acceptors (Lipinski definition) is 4. The van der Waals surface area contributed by atoms with E-state index >= 15 is 0 Å². The number of oxime groups is 1. The van der Waals surface area contributed by atoms with Gasteiger partial charge in [0.15, 0.2) is 0 Å². The van der Waals surface area contributed by atoms with Crippen molar-refractivity contribution in [3.63, 3.8) is 0 Å². The molecule has 118 valence electrons. The molecule has 5 nitrogen and oxygen atoms in total. The number of carbonyl (C=O) groups is 1. The van der Waals surface area contributed by atoms with Gasteiger partial charge < -0.3 is 14.5 Å². The molecule has 1 atom stereocenters. The number of ether oxygens (including phenoxy) is 1. The first-order valence-electron chi connectivity index (χ1n) is 7.94. The minimum Gasteiger partial charge on any atom is -0.496 e. The Hall–Kier alpha value is -2.04. The summed E-state index contributed by atoms with van der Waals surface area (Å²) in [6.07, 6.45) is 4.60. The fraction of sp³-hybridized carbons (Fsp3) is 0.529. The molecule has 0 aromatic heterocycles. The first-order valence-corrected chi connectivity index (χ1v) is 7.94. The number of amides is 1. The highest BCUT2D eigenvalue weighted by atomic mass is 16.6. The lowest BCUT2D eigenvalue weighted by molar-refractivity contribution is -0.142. The first-order chi connectivity index (χ1) is 10.8. The van der Waals surface area contributed by atoms with Crippen molar-refractivity contribution in [2.75, 3.05) is 20.2 Å². The number of para-hydroxylation sites is 1. The van der Waals surface area contributed by atoms with Crippen LogP contribution in [0.1, 0.15) is 37.7 Å². The van der Waals surface area contributed by atoms with E-state index in [1.54, 1.807) is 7.11 Å². The molecule has 2 heterocycles. The lowest BCUT2D eigenvalue weighted by Gasteiger charge is -2.22. The third-order valence-corrected chi connectivity index (χ3v) is 4.28. The molecular formula is C17H22N2O3. The predicted octanol–water partition coefficient (Wildman–Crippen LogP) is 2.59. The van der Waals surface area contributed by atoms with Gasteiger partial charge in [0, 0.05) is 25.1 Å². The third-order valence-electron chi connectivity index (χ3n) is 4.28. The maximum Gasteiger partial charge on any atom is 0.266 e. The van der Waals surface area contributed by atoms with E-state index in [0.29, 0.717) is 6.42 Å². The van der Waals surface area contributed by atoms with Gasteiger partial charge in [0.2, 0.25) is 6.10 Å². The molecule has 0 aliphatic carbocycles. The summed E-state index contributed by atoms with van der Waals surface area (Å²) in [6.45, 7) is 1.67. The van der Waals surface area contributed by atoms with E-state index < -0.39 is 6.10 Å². The number of likely N-dealkylation sites (tertiary alicyclic amines) is 1. The molecule has 22 heavy (non-hydrogen) atoms. The molecule has 2 aliphatic rings. The van der Waals surface area contributed by atoms with Crippen LogP contribution in [0, 0.1) is 0 Å². The van der Waals surface area contributed by atoms with Gasteiger partial charge in [-0.3, -0.25) is 4.79 Å². The molecule has 1 aromatic carbocycles. The molecule has 5 heteroatoms. The van der Waals surface area contributed by atoms with Crippen LogP contribution in [0.5, 0.6) is 5.75 Å². The maximum atomic E-state index is 12.6. The number of hydrogen-bond donors (Lipinski definition) is 0. The van der Waals surface area contributed by atoms with Crippen LogP contribution in [0.25, 0.3) is 0 Å². The highest BCUT2D eigenvalue weighted by Gasteiger charge is 2.33. The van der Waals surface area contributed by atoms with Crippen molar-refractivity contribution in [3.05, 3.63) is 29.8 Å². The van der Waals surface area contributed by atoms with Crippen LogP contribution in [-0.4, -0.2) is 42.8 Å². The second-order valence-corrected chi connectivity index (χ2v) is 5.78. The van der Waals surface area contributed by atoms with Gasteiger partial charge in [0.25, 0.3) is 5.91 Å². The van der Waals surface area contributed by atoms with E-state index in [1.165, 1.54) is 12.8 Å². The Morgan fingerprint density at radius 2 is 1.95 bits per heavy atom. The minimum absolute atomic E-state index is 0.0653. The Bertz CT molecular complexity index is 563. The van der Waals surface area contributed by atoms with Gasteiger partial charge in [0.05, 0.1) is 12.8 Å². The highest BCUT2D eigenvalue weighted by molar-refractivity contribution is 6.05. The Kier molecular flexibility index (Phi) is 4.61. The van der Waals surface area contributed by atoms with E-state index in [9.17, 15) is 4.79 Å². The van der Waals surface area contributed by atoms with Crippen molar-refractivity contribution < 1.29 is 14.4 Å². The molecule has 0 unspecified atom stereocenters. The number of rotatable bonds is 3. The van der Waals surface area contributed by atoms with Crippen LogP contribution >= 0.6 is 0 Å². The average molecular weight is 302 g/mol. The molecule has 3 rings (SSSR count). The number of nitrogens with zero attached hydrogens (tertiary/aromatic N) is 2. The van der Waals surface area contributed by atoms with Gasteiger partial charge >= 0.3 is 0 Å². The summed E-state index contributed by atoms with van der Waals surface area (Å²) >= 11 is 0. The lowest BCUT2D eigenvalue weighted by Crippen LogP contribution is -2.39. The quantitative estimate of drug-likeness (QED) is 0.862. The molecule has 1 fully saturated rings. The van der Waals surface area contributed by atoms with Gasteiger partial charge in [-0.1, -0.05) is 30.1 Å². The van der Waals surface area contributed by atoms with Crippen LogP contribution < -0.4 is 4.74 Å². The third kappa shape index (κ3) is 3.08. The molecular weight excluding hydrogens is 280 g/mol. The van der Waals surface area contributed by atoms with E-state index in [2.05, 4.69) is 5.16 Å². The largest absolute Gasteiger partial charge is 0.496 e.